The highest BCUT2D eigenvalue weighted by Crippen LogP contribution is 2.54. The molecule has 12 nitrogen and oxygen atoms in total. The number of rotatable bonds is 7. The van der Waals surface area contributed by atoms with E-state index < -0.39 is 82.9 Å². The average Bonchev–Trinajstić information content (AvgIpc) is 2.93. The number of hydrogen-bond donors (Lipinski definition) is 6. The van der Waals surface area contributed by atoms with Crippen LogP contribution in [0, 0.1) is 11.8 Å². The lowest BCUT2D eigenvalue weighted by Gasteiger charge is -2.50. The summed E-state index contributed by atoms with van der Waals surface area (Å²) in [5, 5.41) is 48.2. The number of phenols is 1. The van der Waals surface area contributed by atoms with Crippen molar-refractivity contribution in [2.75, 3.05) is 20.6 Å². The zero-order chi connectivity index (χ0) is 32.3. The first-order chi connectivity index (χ1) is 20.6. The molecule has 7 N–H and O–H groups in total. The monoisotopic (exact) mass is 633 g/mol. The molecule has 2 aromatic rings. The summed E-state index contributed by atoms with van der Waals surface area (Å²) in [7, 11) is 3.00. The molecule has 0 unspecified atom stereocenters. The summed E-state index contributed by atoms with van der Waals surface area (Å²) in [6.07, 6.45) is -2.73. The van der Waals surface area contributed by atoms with Gasteiger partial charge in [0.05, 0.1) is 18.0 Å². The minimum Gasteiger partial charge on any atom is -0.508 e. The Morgan fingerprint density at radius 3 is 2.40 bits per heavy atom. The lowest BCUT2D eigenvalue weighted by atomic mass is 9.57. The number of fused-ring (bicyclic) bond motifs is 3. The van der Waals surface area contributed by atoms with Crippen molar-refractivity contribution in [1.29, 1.82) is 0 Å². The predicted octanol–water partition coefficient (Wildman–Crippen LogP) is 2.10. The van der Waals surface area contributed by atoms with Crippen molar-refractivity contribution >= 4 is 23.2 Å². The molecule has 0 saturated heterocycles. The SMILES string of the molecule is C.CN(C)[C@@H]1C(=O)C(C(N)=O)=C(O)[C@@]2(O)C(=O)C3=C(O)c4c(O)c(CNCCC(F)(F)F)cc(-c5ncccn5)c4C[C@H]3C[C@@H]12. The third-order valence-electron chi connectivity index (χ3n) is 8.51. The Bertz CT molecular complexity index is 1620. The van der Waals surface area contributed by atoms with Gasteiger partial charge in [0, 0.05) is 48.1 Å². The Hall–Kier alpha value is -4.34. The molecule has 1 saturated carbocycles. The fraction of sp³-hybridized carbons (Fsp3) is 0.433. The number of primary amides is 1. The Morgan fingerprint density at radius 1 is 1.18 bits per heavy atom. The standard InChI is InChI=1S/C29H30F3N5O7.CH4/c1-37(2)20-16-10-12-8-14-15(27-35-5-3-6-36-27)9-13(11-34-7-4-28(30,31)32)21(38)18(14)22(39)17(12)24(41)29(16,44)25(42)19(23(20)40)26(33)43;/h3,5-6,9,12,16,20,34,38-39,42,44H,4,7-8,10-11H2,1-2H3,(H2,33,43);1H4/t12-,16-,20-,29-;/m0./s1. The minimum absolute atomic E-state index is 0. The van der Waals surface area contributed by atoms with Crippen LogP contribution in [0.5, 0.6) is 5.75 Å². The molecule has 242 valence electrons. The van der Waals surface area contributed by atoms with Crippen LogP contribution < -0.4 is 11.1 Å². The molecular formula is C30H34F3N5O7. The summed E-state index contributed by atoms with van der Waals surface area (Å²) in [4.78, 5) is 49.4. The molecular weight excluding hydrogens is 599 g/mol. The highest BCUT2D eigenvalue weighted by atomic mass is 19.4. The number of halogens is 3. The lowest BCUT2D eigenvalue weighted by molar-refractivity contribution is -0.153. The van der Waals surface area contributed by atoms with Crippen LogP contribution in [-0.2, 0) is 27.3 Å². The van der Waals surface area contributed by atoms with Crippen molar-refractivity contribution in [2.45, 2.75) is 51.1 Å². The highest BCUT2D eigenvalue weighted by molar-refractivity contribution is 6.24. The number of phenolic OH excluding ortho intramolecular Hbond substituents is 1. The van der Waals surface area contributed by atoms with E-state index in [1.54, 1.807) is 6.07 Å². The van der Waals surface area contributed by atoms with Crippen LogP contribution in [0.1, 0.15) is 37.0 Å². The van der Waals surface area contributed by atoms with Gasteiger partial charge in [-0.05, 0) is 50.6 Å². The fourth-order valence-corrected chi connectivity index (χ4v) is 6.59. The number of nitrogens with one attached hydrogen (secondary N) is 1. The summed E-state index contributed by atoms with van der Waals surface area (Å²) in [6, 6.07) is 1.82. The first-order valence-corrected chi connectivity index (χ1v) is 13.7. The number of carbonyl (C=O) groups excluding carboxylic acids is 3. The van der Waals surface area contributed by atoms with Crippen molar-refractivity contribution in [1.82, 2.24) is 20.2 Å². The minimum atomic E-state index is -4.41. The first-order valence-electron chi connectivity index (χ1n) is 13.7. The average molecular weight is 634 g/mol. The van der Waals surface area contributed by atoms with Gasteiger partial charge in [-0.3, -0.25) is 19.3 Å². The number of nitrogens with zero attached hydrogens (tertiary/aromatic N) is 3. The molecule has 1 amide bonds. The highest BCUT2D eigenvalue weighted by Gasteiger charge is 2.64. The molecule has 1 heterocycles. The van der Waals surface area contributed by atoms with Gasteiger partial charge in [0.1, 0.15) is 22.8 Å². The van der Waals surface area contributed by atoms with E-state index in [4.69, 9.17) is 5.73 Å². The number of amides is 1. The van der Waals surface area contributed by atoms with Crippen LogP contribution in [0.25, 0.3) is 17.1 Å². The fourth-order valence-electron chi connectivity index (χ4n) is 6.59. The Morgan fingerprint density at radius 2 is 1.82 bits per heavy atom. The van der Waals surface area contributed by atoms with Crippen molar-refractivity contribution in [2.24, 2.45) is 17.6 Å². The molecule has 1 aromatic carbocycles. The van der Waals surface area contributed by atoms with Gasteiger partial charge in [0.15, 0.2) is 17.2 Å². The molecule has 0 aliphatic heterocycles. The summed E-state index contributed by atoms with van der Waals surface area (Å²) < 4.78 is 38.1. The van der Waals surface area contributed by atoms with Crippen LogP contribution in [-0.4, -0.2) is 91.2 Å². The second kappa shape index (κ2) is 11.9. The maximum absolute atomic E-state index is 14.1. The zero-order valence-electron chi connectivity index (χ0n) is 23.6. The molecule has 5 rings (SSSR count). The van der Waals surface area contributed by atoms with Gasteiger partial charge >= 0.3 is 6.18 Å². The molecule has 15 heteroatoms. The third-order valence-corrected chi connectivity index (χ3v) is 8.51. The maximum atomic E-state index is 14.1. The van der Waals surface area contributed by atoms with Gasteiger partial charge in [-0.1, -0.05) is 7.43 Å². The van der Waals surface area contributed by atoms with Crippen molar-refractivity contribution in [3.8, 4) is 17.1 Å². The van der Waals surface area contributed by atoms with E-state index in [-0.39, 0.29) is 49.3 Å². The quantitative estimate of drug-likeness (QED) is 0.193. The smallest absolute Gasteiger partial charge is 0.390 e. The number of likely N-dealkylation sites (N-methyl/N-ethyl adjacent to an activating group) is 1. The largest absolute Gasteiger partial charge is 0.508 e. The number of benzene rings is 1. The number of aromatic nitrogens is 2. The summed E-state index contributed by atoms with van der Waals surface area (Å²) in [6.45, 7) is -0.710. The maximum Gasteiger partial charge on any atom is 0.390 e. The van der Waals surface area contributed by atoms with Crippen molar-refractivity contribution in [3.63, 3.8) is 0 Å². The van der Waals surface area contributed by atoms with E-state index in [0.717, 1.165) is 0 Å². The summed E-state index contributed by atoms with van der Waals surface area (Å²) in [5.74, 6) is -7.74. The second-order valence-electron chi connectivity index (χ2n) is 11.4. The molecule has 3 aliphatic rings. The molecule has 0 spiro atoms. The van der Waals surface area contributed by atoms with E-state index in [1.807, 2.05) is 0 Å². The number of ketones is 2. The molecule has 1 fully saturated rings. The van der Waals surface area contributed by atoms with Crippen molar-refractivity contribution in [3.05, 3.63) is 58.1 Å². The molecule has 0 radical (unpaired) electrons. The van der Waals surface area contributed by atoms with Crippen LogP contribution in [0.15, 0.2) is 41.4 Å². The Labute approximate surface area is 256 Å². The molecule has 0 bridgehead atoms. The van der Waals surface area contributed by atoms with Gasteiger partial charge < -0.3 is 31.5 Å². The number of aliphatic hydroxyl groups is 3. The summed E-state index contributed by atoms with van der Waals surface area (Å²) in [5.41, 5.74) is 1.81. The van der Waals surface area contributed by atoms with Gasteiger partial charge in [-0.2, -0.15) is 13.2 Å². The van der Waals surface area contributed by atoms with E-state index >= 15 is 0 Å². The Kier molecular flexibility index (Phi) is 8.85. The first kappa shape index (κ1) is 33.6. The lowest BCUT2D eigenvalue weighted by Crippen LogP contribution is -2.65. The summed E-state index contributed by atoms with van der Waals surface area (Å²) >= 11 is 0. The van der Waals surface area contributed by atoms with E-state index in [1.165, 1.54) is 37.5 Å². The van der Waals surface area contributed by atoms with E-state index in [0.29, 0.717) is 11.1 Å². The van der Waals surface area contributed by atoms with Crippen LogP contribution >= 0.6 is 0 Å². The number of hydrogen-bond acceptors (Lipinski definition) is 11. The van der Waals surface area contributed by atoms with Gasteiger partial charge in [0.2, 0.25) is 5.78 Å². The molecule has 45 heavy (non-hydrogen) atoms. The van der Waals surface area contributed by atoms with Crippen LogP contribution in [0.3, 0.4) is 0 Å². The number of carbonyl (C=O) groups is 3. The molecule has 4 atom stereocenters. The Balaban J connectivity index is 0.00000461. The number of nitrogens with two attached hydrogens (primary N) is 1. The predicted molar refractivity (Wildman–Crippen MR) is 154 cm³/mol. The number of Topliss-reactive ketones (excluding diaryl/α,β-unsaturated/α-hetero) is 2. The van der Waals surface area contributed by atoms with Gasteiger partial charge in [-0.25, -0.2) is 9.97 Å². The normalized spacial score (nSPS) is 24.6. The zero-order valence-corrected chi connectivity index (χ0v) is 23.6. The molecule has 1 aromatic heterocycles. The number of aromatic hydroxyl groups is 1. The van der Waals surface area contributed by atoms with E-state index in [9.17, 15) is 48.0 Å². The van der Waals surface area contributed by atoms with Crippen LogP contribution in [0.4, 0.5) is 13.2 Å². The number of aliphatic hydroxyl groups excluding tert-OH is 2. The van der Waals surface area contributed by atoms with Gasteiger partial charge in [0.25, 0.3) is 5.91 Å². The van der Waals surface area contributed by atoms with Gasteiger partial charge in [-0.15, -0.1) is 0 Å². The second-order valence-corrected chi connectivity index (χ2v) is 11.4. The third kappa shape index (κ3) is 5.44. The topological polar surface area (TPSA) is 199 Å². The van der Waals surface area contributed by atoms with E-state index in [2.05, 4.69) is 15.3 Å². The molecule has 3 aliphatic carbocycles. The van der Waals surface area contributed by atoms with Crippen LogP contribution in [0.2, 0.25) is 0 Å². The number of alkyl halides is 3. The van der Waals surface area contributed by atoms with Crippen molar-refractivity contribution < 1.29 is 48.0 Å².